The number of fused-ring (bicyclic) bond motifs is 1. The monoisotopic (exact) mass is 343 g/mol. The Kier molecular flexibility index (Phi) is 4.45. The summed E-state index contributed by atoms with van der Waals surface area (Å²) in [5.74, 6) is 3.37. The van der Waals surface area contributed by atoms with Crippen molar-refractivity contribution in [2.24, 2.45) is 12.8 Å². The summed E-state index contributed by atoms with van der Waals surface area (Å²) < 4.78 is 7.97. The smallest absolute Gasteiger partial charge is 0.146 e. The van der Waals surface area contributed by atoms with E-state index in [0.717, 1.165) is 61.0 Å². The number of hydrogen-bond acceptors (Lipinski definition) is 6. The fraction of sp³-hybridized carbons (Fsp3) is 0.556. The minimum absolute atomic E-state index is 0.0451. The number of aliphatic hydroxyl groups is 1. The first-order valence-corrected chi connectivity index (χ1v) is 8.85. The van der Waals surface area contributed by atoms with Gasteiger partial charge in [-0.2, -0.15) is 0 Å². The molecule has 0 atom stereocenters. The summed E-state index contributed by atoms with van der Waals surface area (Å²) in [5, 5.41) is 18.2. The molecule has 2 aromatic rings. The number of aromatic nitrogens is 3. The molecule has 1 aliphatic heterocycles. The van der Waals surface area contributed by atoms with Crippen molar-refractivity contribution in [3.05, 3.63) is 41.0 Å². The standard InChI is InChI=1S/C18H25N5O2/c1-22-17(20-21-18(22)13-7-15(19)8-13)10-23-4-5-25-16-3-2-12(11-24)6-14(16)9-23/h2-3,6,13,15,24H,4-5,7-11,19H2,1H3. The van der Waals surface area contributed by atoms with Crippen LogP contribution in [-0.4, -0.2) is 44.0 Å². The molecule has 4 rings (SSSR count). The van der Waals surface area contributed by atoms with Gasteiger partial charge in [-0.1, -0.05) is 6.07 Å². The zero-order chi connectivity index (χ0) is 17.4. The highest BCUT2D eigenvalue weighted by Crippen LogP contribution is 2.34. The van der Waals surface area contributed by atoms with Crippen LogP contribution in [0, 0.1) is 0 Å². The van der Waals surface area contributed by atoms with E-state index >= 15 is 0 Å². The van der Waals surface area contributed by atoms with E-state index in [0.29, 0.717) is 18.6 Å². The third kappa shape index (κ3) is 3.27. The van der Waals surface area contributed by atoms with Gasteiger partial charge in [0.1, 0.15) is 24.0 Å². The lowest BCUT2D eigenvalue weighted by molar-refractivity contribution is 0.213. The molecule has 1 aromatic heterocycles. The maximum absolute atomic E-state index is 9.36. The predicted molar refractivity (Wildman–Crippen MR) is 92.9 cm³/mol. The summed E-state index contributed by atoms with van der Waals surface area (Å²) in [6.07, 6.45) is 2.00. The fourth-order valence-electron chi connectivity index (χ4n) is 3.68. The zero-order valence-corrected chi connectivity index (χ0v) is 14.6. The molecule has 7 nitrogen and oxygen atoms in total. The third-order valence-electron chi connectivity index (χ3n) is 5.27. The number of nitrogens with zero attached hydrogens (tertiary/aromatic N) is 4. The van der Waals surface area contributed by atoms with E-state index in [2.05, 4.69) is 19.7 Å². The molecule has 0 amide bonds. The van der Waals surface area contributed by atoms with E-state index in [1.165, 1.54) is 0 Å². The van der Waals surface area contributed by atoms with Gasteiger partial charge in [0.25, 0.3) is 0 Å². The number of nitrogens with two attached hydrogens (primary N) is 1. The molecule has 0 saturated heterocycles. The van der Waals surface area contributed by atoms with Gasteiger partial charge < -0.3 is 20.1 Å². The van der Waals surface area contributed by atoms with Crippen molar-refractivity contribution < 1.29 is 9.84 Å². The highest BCUT2D eigenvalue weighted by Gasteiger charge is 2.31. The summed E-state index contributed by atoms with van der Waals surface area (Å²) in [6.45, 7) is 3.03. The Labute approximate surface area is 147 Å². The number of ether oxygens (including phenoxy) is 1. The van der Waals surface area contributed by atoms with Crippen LogP contribution in [0.2, 0.25) is 0 Å². The maximum Gasteiger partial charge on any atom is 0.146 e. The van der Waals surface area contributed by atoms with Crippen LogP contribution in [-0.2, 0) is 26.7 Å². The van der Waals surface area contributed by atoms with Gasteiger partial charge in [-0.15, -0.1) is 10.2 Å². The van der Waals surface area contributed by atoms with Crippen LogP contribution in [0.15, 0.2) is 18.2 Å². The minimum Gasteiger partial charge on any atom is -0.492 e. The van der Waals surface area contributed by atoms with Crippen LogP contribution in [0.4, 0.5) is 0 Å². The Balaban J connectivity index is 1.49. The molecule has 0 bridgehead atoms. The summed E-state index contributed by atoms with van der Waals surface area (Å²) in [5.41, 5.74) is 7.92. The predicted octanol–water partition coefficient (Wildman–Crippen LogP) is 0.907. The van der Waals surface area contributed by atoms with Crippen molar-refractivity contribution in [1.29, 1.82) is 0 Å². The first-order chi connectivity index (χ1) is 12.1. The molecule has 0 unspecified atom stereocenters. The molecule has 0 spiro atoms. The molecule has 7 heteroatoms. The van der Waals surface area contributed by atoms with E-state index in [1.807, 2.05) is 25.2 Å². The normalized spacial score (nSPS) is 23.5. The first kappa shape index (κ1) is 16.5. The number of hydrogen-bond donors (Lipinski definition) is 2. The molecule has 2 heterocycles. The second-order valence-corrected chi connectivity index (χ2v) is 7.12. The average molecular weight is 343 g/mol. The minimum atomic E-state index is 0.0451. The lowest BCUT2D eigenvalue weighted by Gasteiger charge is -2.31. The topological polar surface area (TPSA) is 89.4 Å². The zero-order valence-electron chi connectivity index (χ0n) is 14.6. The third-order valence-corrected chi connectivity index (χ3v) is 5.27. The van der Waals surface area contributed by atoms with Gasteiger partial charge in [-0.25, -0.2) is 0 Å². The molecule has 1 fully saturated rings. The lowest BCUT2D eigenvalue weighted by Crippen LogP contribution is -2.36. The largest absolute Gasteiger partial charge is 0.492 e. The van der Waals surface area contributed by atoms with E-state index in [9.17, 15) is 5.11 Å². The van der Waals surface area contributed by atoms with Crippen molar-refractivity contribution in [2.45, 2.75) is 44.5 Å². The van der Waals surface area contributed by atoms with Crippen LogP contribution >= 0.6 is 0 Å². The summed E-state index contributed by atoms with van der Waals surface area (Å²) in [7, 11) is 2.04. The Morgan fingerprint density at radius 2 is 2.16 bits per heavy atom. The van der Waals surface area contributed by atoms with Crippen molar-refractivity contribution in [2.75, 3.05) is 13.2 Å². The molecule has 25 heavy (non-hydrogen) atoms. The molecule has 1 aromatic carbocycles. The average Bonchev–Trinajstić information content (AvgIpc) is 2.81. The molecule has 134 valence electrons. The Morgan fingerprint density at radius 3 is 2.92 bits per heavy atom. The molecular weight excluding hydrogens is 318 g/mol. The van der Waals surface area contributed by atoms with E-state index < -0.39 is 0 Å². The molecule has 3 N–H and O–H groups in total. The first-order valence-electron chi connectivity index (χ1n) is 8.85. The fourth-order valence-corrected chi connectivity index (χ4v) is 3.68. The molecule has 0 radical (unpaired) electrons. The molecule has 1 aliphatic carbocycles. The summed E-state index contributed by atoms with van der Waals surface area (Å²) >= 11 is 0. The van der Waals surface area contributed by atoms with Gasteiger partial charge in [0.15, 0.2) is 0 Å². The number of aliphatic hydroxyl groups excluding tert-OH is 1. The van der Waals surface area contributed by atoms with E-state index in [4.69, 9.17) is 10.5 Å². The number of rotatable bonds is 4. The van der Waals surface area contributed by atoms with Gasteiger partial charge >= 0.3 is 0 Å². The Morgan fingerprint density at radius 1 is 1.32 bits per heavy atom. The second-order valence-electron chi connectivity index (χ2n) is 7.12. The number of benzene rings is 1. The van der Waals surface area contributed by atoms with Crippen molar-refractivity contribution in [3.8, 4) is 5.75 Å². The van der Waals surface area contributed by atoms with Gasteiger partial charge in [-0.3, -0.25) is 4.90 Å². The van der Waals surface area contributed by atoms with Crippen LogP contribution < -0.4 is 10.5 Å². The molecule has 1 saturated carbocycles. The van der Waals surface area contributed by atoms with Crippen molar-refractivity contribution in [3.63, 3.8) is 0 Å². The second kappa shape index (κ2) is 6.74. The van der Waals surface area contributed by atoms with Gasteiger partial charge in [0.2, 0.25) is 0 Å². The Bertz CT molecular complexity index is 754. The lowest BCUT2D eigenvalue weighted by atomic mass is 9.80. The molecule has 2 aliphatic rings. The summed E-state index contributed by atoms with van der Waals surface area (Å²) in [4.78, 5) is 2.31. The summed E-state index contributed by atoms with van der Waals surface area (Å²) in [6, 6.07) is 6.19. The van der Waals surface area contributed by atoms with Crippen LogP contribution in [0.3, 0.4) is 0 Å². The highest BCUT2D eigenvalue weighted by atomic mass is 16.5. The van der Waals surface area contributed by atoms with Gasteiger partial charge in [0, 0.05) is 37.7 Å². The van der Waals surface area contributed by atoms with Gasteiger partial charge in [0.05, 0.1) is 13.2 Å². The maximum atomic E-state index is 9.36. The van der Waals surface area contributed by atoms with Gasteiger partial charge in [-0.05, 0) is 30.5 Å². The SMILES string of the molecule is Cn1c(CN2CCOc3ccc(CO)cc3C2)nnc1C1CC(N)C1. The van der Waals surface area contributed by atoms with Crippen LogP contribution in [0.5, 0.6) is 5.75 Å². The van der Waals surface area contributed by atoms with Crippen molar-refractivity contribution in [1.82, 2.24) is 19.7 Å². The van der Waals surface area contributed by atoms with E-state index in [-0.39, 0.29) is 6.61 Å². The quantitative estimate of drug-likeness (QED) is 0.858. The van der Waals surface area contributed by atoms with E-state index in [1.54, 1.807) is 0 Å². The Hall–Kier alpha value is -1.96. The molecular formula is C18H25N5O2. The van der Waals surface area contributed by atoms with Crippen LogP contribution in [0.25, 0.3) is 0 Å². The van der Waals surface area contributed by atoms with Crippen molar-refractivity contribution >= 4 is 0 Å². The highest BCUT2D eigenvalue weighted by molar-refractivity contribution is 5.37. The van der Waals surface area contributed by atoms with Crippen LogP contribution in [0.1, 0.15) is 41.5 Å².